The van der Waals surface area contributed by atoms with Gasteiger partial charge in [-0.2, -0.15) is 0 Å². The summed E-state index contributed by atoms with van der Waals surface area (Å²) in [5.74, 6) is 1.92. The van der Waals surface area contributed by atoms with Gasteiger partial charge in [-0.1, -0.05) is 34.0 Å². The number of hydrogen-bond donors (Lipinski definition) is 1. The Kier molecular flexibility index (Phi) is 12.6. The van der Waals surface area contributed by atoms with E-state index >= 15 is 0 Å². The summed E-state index contributed by atoms with van der Waals surface area (Å²) in [5, 5.41) is 9.60. The molecule has 10 atom stereocenters. The minimum Gasteiger partial charge on any atom is -0.396 e. The van der Waals surface area contributed by atoms with E-state index in [9.17, 15) is 5.11 Å². The van der Waals surface area contributed by atoms with Crippen LogP contribution in [-0.2, 0) is 46.3 Å². The Morgan fingerprint density at radius 2 is 1.72 bits per heavy atom. The molecule has 1 radical (unpaired) electrons. The average molecular weight is 695 g/mol. The summed E-state index contributed by atoms with van der Waals surface area (Å²) in [6, 6.07) is 0. The largest absolute Gasteiger partial charge is 0.396 e. The predicted octanol–water partition coefficient (Wildman–Crippen LogP) is 3.61. The molecule has 8 heteroatoms. The monoisotopic (exact) mass is 695 g/mol. The Balaban J connectivity index is 0.00000338. The molecule has 25 heavy (non-hydrogen) atoms. The fourth-order valence-corrected chi connectivity index (χ4v) is 5.69. The van der Waals surface area contributed by atoms with E-state index in [4.69, 9.17) is 16.1 Å². The van der Waals surface area contributed by atoms with Crippen LogP contribution < -0.4 is 0 Å². The molecule has 2 saturated carbocycles. The third-order valence-electron chi connectivity index (χ3n) is 6.15. The van der Waals surface area contributed by atoms with Crippen LogP contribution in [0.3, 0.4) is 0 Å². The van der Waals surface area contributed by atoms with Crippen LogP contribution in [0.15, 0.2) is 0 Å². The van der Waals surface area contributed by atoms with Crippen LogP contribution >= 0.6 is 17.4 Å². The van der Waals surface area contributed by atoms with Gasteiger partial charge >= 0.3 is 0 Å². The molecule has 143 valence electrons. The molecule has 2 aliphatic carbocycles. The van der Waals surface area contributed by atoms with Gasteiger partial charge in [0.15, 0.2) is 0 Å². The number of aliphatic hydroxyl groups excluding tert-OH is 1. The molecule has 2 fully saturated rings. The molecule has 10 unspecified atom stereocenters. The van der Waals surface area contributed by atoms with Crippen LogP contribution in [0.5, 0.6) is 0 Å². The maximum absolute atomic E-state index is 9.60. The van der Waals surface area contributed by atoms with E-state index in [-0.39, 0.29) is 104 Å². The molecular formula is C17H34O4P2UY. The molecule has 0 aliphatic heterocycles. The molecule has 0 heterocycles. The predicted molar refractivity (Wildman–Crippen MR) is 101 cm³/mol. The Morgan fingerprint density at radius 1 is 1.16 bits per heavy atom. The first kappa shape index (κ1) is 24.0. The van der Waals surface area contributed by atoms with Crippen molar-refractivity contribution in [2.45, 2.75) is 52.7 Å². The van der Waals surface area contributed by atoms with Gasteiger partial charge in [-0.3, -0.25) is 0 Å². The van der Waals surface area contributed by atoms with E-state index in [1.165, 1.54) is 0 Å². The van der Waals surface area contributed by atoms with Gasteiger partial charge in [0, 0.05) is 91.7 Å². The van der Waals surface area contributed by atoms with Crippen LogP contribution in [-0.4, -0.2) is 39.4 Å². The van der Waals surface area contributed by atoms with Gasteiger partial charge in [-0.25, -0.2) is 0 Å². The second-order valence-electron chi connectivity index (χ2n) is 7.63. The minimum absolute atomic E-state index is 0. The zero-order valence-electron chi connectivity index (χ0n) is 17.9. The topological polar surface area (TPSA) is 47.9 Å². The zero-order valence-corrected chi connectivity index (χ0v) is 24.7. The Morgan fingerprint density at radius 3 is 2.28 bits per heavy atom. The molecule has 0 spiro atoms. The van der Waals surface area contributed by atoms with Gasteiger partial charge in [0.1, 0.15) is 9.22 Å². The number of rotatable bonds is 8. The van der Waals surface area contributed by atoms with E-state index in [1.807, 2.05) is 0 Å². The first-order valence-electron chi connectivity index (χ1n) is 9.67. The Hall–Kier alpha value is 2.73. The molecule has 0 aromatic rings. The Labute approximate surface area is 208 Å². The van der Waals surface area contributed by atoms with Crippen LogP contribution in [0, 0.1) is 66.6 Å². The molecule has 2 aliphatic rings. The summed E-state index contributed by atoms with van der Waals surface area (Å²) in [6.07, 6.45) is 5.66. The molecule has 0 aromatic carbocycles. The van der Waals surface area contributed by atoms with E-state index in [0.29, 0.717) is 30.3 Å². The molecule has 2 rings (SSSR count). The number of aliphatic hydroxyl groups is 1. The molecular weight excluding hydrogens is 657 g/mol. The van der Waals surface area contributed by atoms with Crippen molar-refractivity contribution in [1.29, 1.82) is 2.56 Å². The van der Waals surface area contributed by atoms with Gasteiger partial charge in [-0.15, -0.1) is 0 Å². The Bertz CT molecular complexity index is 494. The van der Waals surface area contributed by atoms with Crippen molar-refractivity contribution < 1.29 is 82.5 Å². The third-order valence-corrected chi connectivity index (χ3v) is 7.34. The second kappa shape index (κ2) is 13.1. The summed E-state index contributed by atoms with van der Waals surface area (Å²) in [7, 11) is -3.23. The summed E-state index contributed by atoms with van der Waals surface area (Å²) in [5.41, 5.74) is 0. The SMILES string of the molecule is [3H]POC1C(COP([3H])(=C)OC2C(CO)CC(C)C2C)CC(C)C1C.[U].[Y]. The summed E-state index contributed by atoms with van der Waals surface area (Å²) in [4.78, 5) is 0. The van der Waals surface area contributed by atoms with Crippen molar-refractivity contribution in [3.05, 3.63) is 0 Å². The first-order valence-corrected chi connectivity index (χ1v) is 10.5. The maximum atomic E-state index is 9.60. The fourth-order valence-electron chi connectivity index (χ4n) is 4.23. The number of hydrogen-bond acceptors (Lipinski definition) is 4. The van der Waals surface area contributed by atoms with E-state index in [1.54, 1.807) is 0 Å². The van der Waals surface area contributed by atoms with Crippen LogP contribution in [0.4, 0.5) is 0 Å². The van der Waals surface area contributed by atoms with Gasteiger partial charge in [0.2, 0.25) is 0 Å². The quantitative estimate of drug-likeness (QED) is 0.395. The first-order chi connectivity index (χ1) is 11.7. The van der Waals surface area contributed by atoms with Gasteiger partial charge in [0.25, 0.3) is 0 Å². The van der Waals surface area contributed by atoms with Crippen LogP contribution in [0.1, 0.15) is 40.5 Å². The maximum Gasteiger partial charge on any atom is 0.116 e. The molecule has 0 bridgehead atoms. The van der Waals surface area contributed by atoms with Crippen molar-refractivity contribution in [3.63, 3.8) is 0 Å². The zero-order chi connectivity index (χ0) is 18.8. The molecule has 0 saturated heterocycles. The fraction of sp³-hybridized carbons (Fsp3) is 0.941. The van der Waals surface area contributed by atoms with Crippen molar-refractivity contribution in [2.24, 2.45) is 35.5 Å². The van der Waals surface area contributed by atoms with Crippen LogP contribution in [0.2, 0.25) is 0 Å². The van der Waals surface area contributed by atoms with Gasteiger partial charge < -0.3 is 18.7 Å². The average Bonchev–Trinajstić information content (AvgIpc) is 2.98. The standard InChI is InChI=1S/C17H34O4P2.U.Y/c1-10-6-14(8-18)17(13(10)4)21-23(5)19-9-15-7-11(2)12(3)16(15)20-22;;/h10-18,23H,5-9,22H2,1-4H3;;/i22T,23T;;. The van der Waals surface area contributed by atoms with E-state index < -0.39 is 7.94 Å². The van der Waals surface area contributed by atoms with Crippen molar-refractivity contribution >= 4 is 23.7 Å². The van der Waals surface area contributed by atoms with Crippen LogP contribution in [0.25, 0.3) is 0 Å². The van der Waals surface area contributed by atoms with Crippen molar-refractivity contribution in [1.82, 2.24) is 0 Å². The summed E-state index contributed by atoms with van der Waals surface area (Å²) in [6.45, 7) is 9.11. The minimum atomic E-state index is -2.95. The van der Waals surface area contributed by atoms with E-state index in [0.717, 1.165) is 12.8 Å². The molecule has 4 nitrogen and oxygen atoms in total. The van der Waals surface area contributed by atoms with Crippen molar-refractivity contribution in [3.8, 4) is 0 Å². The smallest absolute Gasteiger partial charge is 0.116 e. The van der Waals surface area contributed by atoms with E-state index in [2.05, 4.69) is 34.0 Å². The molecule has 0 aromatic heterocycles. The molecule has 1 N–H and O–H groups in total. The van der Waals surface area contributed by atoms with Crippen molar-refractivity contribution in [2.75, 3.05) is 13.2 Å². The van der Waals surface area contributed by atoms with Gasteiger partial charge in [0.05, 0.1) is 20.1 Å². The normalized spacial score (nSPS) is 44.7. The third kappa shape index (κ3) is 7.17. The molecule has 0 amide bonds. The summed E-state index contributed by atoms with van der Waals surface area (Å²) < 4.78 is 33.3. The summed E-state index contributed by atoms with van der Waals surface area (Å²) >= 11 is 0. The van der Waals surface area contributed by atoms with Gasteiger partial charge in [-0.05, 0) is 36.5 Å². The second-order valence-corrected chi connectivity index (χ2v) is 9.00.